The van der Waals surface area contributed by atoms with Crippen LogP contribution in [0.5, 0.6) is 5.75 Å². The lowest BCUT2D eigenvalue weighted by atomic mass is 10.1. The van der Waals surface area contributed by atoms with Gasteiger partial charge in [0.15, 0.2) is 5.82 Å². The molecule has 0 radical (unpaired) electrons. The molecule has 1 saturated carbocycles. The van der Waals surface area contributed by atoms with E-state index in [1.165, 1.54) is 6.20 Å². The monoisotopic (exact) mass is 377 g/mol. The largest absolute Gasteiger partial charge is 0.489 e. The molecule has 1 amide bonds. The number of anilines is 1. The maximum Gasteiger partial charge on any atom is 0.228 e. The molecule has 2 N–H and O–H groups in total. The van der Waals surface area contributed by atoms with E-state index >= 15 is 0 Å². The van der Waals surface area contributed by atoms with Gasteiger partial charge in [0.25, 0.3) is 0 Å². The van der Waals surface area contributed by atoms with Crippen LogP contribution in [0.4, 0.5) is 5.82 Å². The molecule has 4 rings (SSSR count). The molecular formula is C20H19N5O3. The molecule has 0 spiro atoms. The summed E-state index contributed by atoms with van der Waals surface area (Å²) in [4.78, 5) is 16.0. The third kappa shape index (κ3) is 3.80. The first-order valence-electron chi connectivity index (χ1n) is 9.05. The molecule has 3 aromatic heterocycles. The number of fused-ring (bicyclic) bond motifs is 1. The van der Waals surface area contributed by atoms with Crippen LogP contribution in [0.1, 0.15) is 25.5 Å². The van der Waals surface area contributed by atoms with Gasteiger partial charge in [0.1, 0.15) is 24.1 Å². The number of hydrogen-bond donors (Lipinski definition) is 2. The molecule has 0 aliphatic heterocycles. The maximum absolute atomic E-state index is 11.9. The first kappa shape index (κ1) is 17.9. The summed E-state index contributed by atoms with van der Waals surface area (Å²) in [5.41, 5.74) is 2.57. The Morgan fingerprint density at radius 2 is 2.29 bits per heavy atom. The lowest BCUT2D eigenvalue weighted by Crippen LogP contribution is -2.13. The fraction of sp³-hybridized carbons (Fsp3) is 0.300. The number of nitrogens with one attached hydrogen (secondary N) is 1. The number of amides is 1. The average molecular weight is 377 g/mol. The number of ether oxygens (including phenoxy) is 1. The zero-order chi connectivity index (χ0) is 19.7. The van der Waals surface area contributed by atoms with Crippen LogP contribution in [-0.2, 0) is 4.79 Å². The Labute approximate surface area is 161 Å². The number of hydrogen-bond acceptors (Lipinski definition) is 6. The minimum atomic E-state index is -0.626. The Morgan fingerprint density at radius 3 is 3.00 bits per heavy atom. The number of aliphatic hydroxyl groups is 1. The van der Waals surface area contributed by atoms with Crippen LogP contribution in [0.15, 0.2) is 36.7 Å². The van der Waals surface area contributed by atoms with E-state index in [2.05, 4.69) is 15.4 Å². The van der Waals surface area contributed by atoms with E-state index < -0.39 is 6.10 Å². The molecule has 0 aromatic carbocycles. The number of aliphatic hydroxyl groups excluding tert-OH is 1. The zero-order valence-corrected chi connectivity index (χ0v) is 15.3. The summed E-state index contributed by atoms with van der Waals surface area (Å²) in [6.45, 7) is 1.75. The van der Waals surface area contributed by atoms with Crippen molar-refractivity contribution in [3.05, 3.63) is 42.4 Å². The number of aromatic nitrogens is 3. The van der Waals surface area contributed by atoms with E-state index in [1.54, 1.807) is 29.8 Å². The standard InChI is InChI=1S/C20H19N5O3/c1-12(26)11-28-18-10-22-15(9-21)7-17(18)14-4-5-25-16(6-14)8-19(24-25)23-20(27)13-2-3-13/h4-8,10,12-13,26H,2-3,11H2,1H3,(H,23,24,27)/t12-/m0/s1. The molecule has 0 unspecified atom stereocenters. The third-order valence-electron chi connectivity index (χ3n) is 4.44. The lowest BCUT2D eigenvalue weighted by Gasteiger charge is -2.13. The van der Waals surface area contributed by atoms with Gasteiger partial charge in [-0.1, -0.05) is 0 Å². The number of rotatable bonds is 6. The SMILES string of the molecule is C[C@H](O)COc1cnc(C#N)cc1-c1ccn2nc(NC(=O)C3CC3)cc2c1. The van der Waals surface area contributed by atoms with Gasteiger partial charge in [0.05, 0.1) is 17.8 Å². The molecule has 1 aliphatic rings. The zero-order valence-electron chi connectivity index (χ0n) is 15.3. The summed E-state index contributed by atoms with van der Waals surface area (Å²) in [7, 11) is 0. The topological polar surface area (TPSA) is 113 Å². The fourth-order valence-electron chi connectivity index (χ4n) is 2.85. The molecule has 1 fully saturated rings. The van der Waals surface area contributed by atoms with Gasteiger partial charge < -0.3 is 15.2 Å². The second kappa shape index (κ2) is 7.29. The number of carbonyl (C=O) groups is 1. The molecule has 142 valence electrons. The Bertz CT molecular complexity index is 1080. The van der Waals surface area contributed by atoms with Crippen LogP contribution in [0, 0.1) is 17.2 Å². The highest BCUT2D eigenvalue weighted by atomic mass is 16.5. The van der Waals surface area contributed by atoms with Crippen molar-refractivity contribution in [1.82, 2.24) is 14.6 Å². The van der Waals surface area contributed by atoms with Gasteiger partial charge in [-0.25, -0.2) is 9.50 Å². The van der Waals surface area contributed by atoms with Crippen molar-refractivity contribution in [3.63, 3.8) is 0 Å². The predicted octanol–water partition coefficient (Wildman–Crippen LogP) is 2.38. The smallest absolute Gasteiger partial charge is 0.228 e. The van der Waals surface area contributed by atoms with E-state index in [1.807, 2.05) is 18.2 Å². The molecule has 28 heavy (non-hydrogen) atoms. The summed E-state index contributed by atoms with van der Waals surface area (Å²) in [5.74, 6) is 1.10. The fourth-order valence-corrected chi connectivity index (χ4v) is 2.85. The number of carbonyl (C=O) groups excluding carboxylic acids is 1. The van der Waals surface area contributed by atoms with Gasteiger partial charge in [-0.3, -0.25) is 4.79 Å². The molecule has 0 bridgehead atoms. The van der Waals surface area contributed by atoms with E-state index in [4.69, 9.17) is 4.74 Å². The van der Waals surface area contributed by atoms with Crippen molar-refractivity contribution < 1.29 is 14.6 Å². The molecule has 0 saturated heterocycles. The van der Waals surface area contributed by atoms with Crippen LogP contribution < -0.4 is 10.1 Å². The van der Waals surface area contributed by atoms with Crippen molar-refractivity contribution in [2.24, 2.45) is 5.92 Å². The first-order valence-corrected chi connectivity index (χ1v) is 9.05. The van der Waals surface area contributed by atoms with Crippen molar-refractivity contribution in [3.8, 4) is 22.9 Å². The number of nitrogens with zero attached hydrogens (tertiary/aromatic N) is 4. The molecule has 1 atom stereocenters. The highest BCUT2D eigenvalue weighted by molar-refractivity contribution is 5.93. The highest BCUT2D eigenvalue weighted by Crippen LogP contribution is 2.32. The number of nitriles is 1. The lowest BCUT2D eigenvalue weighted by molar-refractivity contribution is -0.117. The van der Waals surface area contributed by atoms with Gasteiger partial charge in [-0.2, -0.15) is 10.4 Å². The Balaban J connectivity index is 1.67. The normalized spacial score (nSPS) is 14.5. The van der Waals surface area contributed by atoms with Gasteiger partial charge >= 0.3 is 0 Å². The van der Waals surface area contributed by atoms with Crippen LogP contribution in [0.2, 0.25) is 0 Å². The molecule has 8 heteroatoms. The quantitative estimate of drug-likeness (QED) is 0.682. The van der Waals surface area contributed by atoms with Crippen LogP contribution >= 0.6 is 0 Å². The van der Waals surface area contributed by atoms with Crippen molar-refractivity contribution >= 4 is 17.2 Å². The average Bonchev–Trinajstić information content (AvgIpc) is 3.46. The van der Waals surface area contributed by atoms with Crippen LogP contribution in [-0.4, -0.2) is 38.3 Å². The minimum Gasteiger partial charge on any atom is -0.489 e. The van der Waals surface area contributed by atoms with Crippen molar-refractivity contribution in [2.75, 3.05) is 11.9 Å². The minimum absolute atomic E-state index is 0.00485. The molecule has 8 nitrogen and oxygen atoms in total. The summed E-state index contributed by atoms with van der Waals surface area (Å²) in [6, 6.07) is 9.21. The summed E-state index contributed by atoms with van der Waals surface area (Å²) >= 11 is 0. The van der Waals surface area contributed by atoms with Crippen LogP contribution in [0.3, 0.4) is 0 Å². The summed E-state index contributed by atoms with van der Waals surface area (Å²) in [5, 5.41) is 25.9. The first-order chi connectivity index (χ1) is 13.5. The van der Waals surface area contributed by atoms with Crippen LogP contribution in [0.25, 0.3) is 16.6 Å². The Hall–Kier alpha value is -3.44. The van der Waals surface area contributed by atoms with E-state index in [-0.39, 0.29) is 24.1 Å². The highest BCUT2D eigenvalue weighted by Gasteiger charge is 2.30. The van der Waals surface area contributed by atoms with Crippen molar-refractivity contribution in [2.45, 2.75) is 25.9 Å². The maximum atomic E-state index is 11.9. The Kier molecular flexibility index (Phi) is 4.67. The third-order valence-corrected chi connectivity index (χ3v) is 4.44. The molecule has 3 aromatic rings. The molecular weight excluding hydrogens is 358 g/mol. The van der Waals surface area contributed by atoms with Gasteiger partial charge in [-0.05, 0) is 43.5 Å². The predicted molar refractivity (Wildman–Crippen MR) is 102 cm³/mol. The van der Waals surface area contributed by atoms with E-state index in [9.17, 15) is 15.2 Å². The van der Waals surface area contributed by atoms with Gasteiger partial charge in [0, 0.05) is 23.7 Å². The summed E-state index contributed by atoms with van der Waals surface area (Å²) < 4.78 is 7.33. The summed E-state index contributed by atoms with van der Waals surface area (Å²) in [6.07, 6.45) is 4.50. The second-order valence-electron chi connectivity index (χ2n) is 6.92. The van der Waals surface area contributed by atoms with Crippen molar-refractivity contribution in [1.29, 1.82) is 5.26 Å². The molecule has 3 heterocycles. The van der Waals surface area contributed by atoms with Gasteiger partial charge in [-0.15, -0.1) is 0 Å². The second-order valence-corrected chi connectivity index (χ2v) is 6.92. The van der Waals surface area contributed by atoms with E-state index in [0.29, 0.717) is 17.1 Å². The van der Waals surface area contributed by atoms with E-state index in [0.717, 1.165) is 23.9 Å². The van der Waals surface area contributed by atoms with Gasteiger partial charge in [0.2, 0.25) is 5.91 Å². The Morgan fingerprint density at radius 1 is 1.46 bits per heavy atom. The molecule has 1 aliphatic carbocycles. The number of pyridine rings is 2.